The Hall–Kier alpha value is -2.31. The Balaban J connectivity index is 0. The molecule has 0 aromatic heterocycles. The second kappa shape index (κ2) is 19.8. The van der Waals surface area contributed by atoms with Gasteiger partial charge in [0.25, 0.3) is 0 Å². The van der Waals surface area contributed by atoms with E-state index in [-0.39, 0.29) is 17.4 Å². The Morgan fingerprint density at radius 1 is 0.541 bits per heavy atom. The van der Waals surface area contributed by atoms with Gasteiger partial charge in [0.15, 0.2) is 0 Å². The van der Waals surface area contributed by atoms with Crippen molar-refractivity contribution in [3.63, 3.8) is 0 Å². The van der Waals surface area contributed by atoms with Crippen LogP contribution in [0.15, 0.2) is 66.8 Å². The SMILES string of the molecule is Cc1cc(C)c(-c2cccc(-c3c(C)cc(C)cc3C)[c]2[Sn])c(C)c1.[C-]#[O+].[C-]#[O+].[C-]#[O+].[CH]1C=CC=C1.[Cr]. The van der Waals surface area contributed by atoms with E-state index < -0.39 is 0 Å². The van der Waals surface area contributed by atoms with Crippen LogP contribution in [0.2, 0.25) is 0 Å². The van der Waals surface area contributed by atoms with E-state index in [2.05, 4.69) is 104 Å². The van der Waals surface area contributed by atoms with Crippen LogP contribution < -0.4 is 3.58 Å². The van der Waals surface area contributed by atoms with Crippen molar-refractivity contribution in [2.45, 2.75) is 41.5 Å². The summed E-state index contributed by atoms with van der Waals surface area (Å²) in [4.78, 5) is 0. The van der Waals surface area contributed by atoms with Gasteiger partial charge in [0.2, 0.25) is 0 Å². The van der Waals surface area contributed by atoms with Gasteiger partial charge in [0, 0.05) is 23.8 Å². The van der Waals surface area contributed by atoms with E-state index >= 15 is 0 Å². The molecule has 4 rings (SSSR count). The standard InChI is InChI=1S/C24H25.C5H5.3CO.Cr.Sn/c1-15-10-17(3)23(18(4)11-15)21-8-7-9-22(14-21)24-19(5)12-16(2)13-20(24)6;1-2-4-5-3-1;3*1-2;;/h7-13H,1-6H3;1-5H;;;;;. The molecule has 1 aliphatic rings. The molecule has 0 atom stereocenters. The number of hydrogen-bond acceptors (Lipinski definition) is 0. The molecule has 0 saturated carbocycles. The minimum Gasteiger partial charge on any atom is -0.0767 e. The Bertz CT molecular complexity index is 1130. The van der Waals surface area contributed by atoms with E-state index in [1.807, 2.05) is 30.7 Å². The molecule has 3 nitrogen and oxygen atoms in total. The normalized spacial score (nSPS) is 9.97. The van der Waals surface area contributed by atoms with Crippen LogP contribution in [0.3, 0.4) is 0 Å². The molecule has 0 spiro atoms. The molecule has 0 N–H and O–H groups in total. The maximum atomic E-state index is 7.50. The van der Waals surface area contributed by atoms with Gasteiger partial charge in [-0.05, 0) is 0 Å². The van der Waals surface area contributed by atoms with Crippen molar-refractivity contribution in [3.05, 3.63) is 127 Å². The van der Waals surface area contributed by atoms with Crippen molar-refractivity contribution < 1.29 is 31.3 Å². The maximum Gasteiger partial charge on any atom is 0.00506 e. The van der Waals surface area contributed by atoms with Crippen molar-refractivity contribution in [2.24, 2.45) is 0 Å². The summed E-state index contributed by atoms with van der Waals surface area (Å²) in [6.07, 6.45) is 10.0. The monoisotopic (exact) mass is 634 g/mol. The third-order valence-corrected chi connectivity index (χ3v) is 7.05. The molecule has 37 heavy (non-hydrogen) atoms. The van der Waals surface area contributed by atoms with E-state index in [1.165, 1.54) is 81.7 Å². The number of benzene rings is 3. The number of hydrogen-bond donors (Lipinski definition) is 0. The van der Waals surface area contributed by atoms with Gasteiger partial charge in [-0.3, -0.25) is 0 Å². The summed E-state index contributed by atoms with van der Waals surface area (Å²) in [5, 5.41) is 0. The summed E-state index contributed by atoms with van der Waals surface area (Å²) >= 11 is 1.47. The Labute approximate surface area is 246 Å². The molecular formula is C32H30CrO3Sn. The van der Waals surface area contributed by atoms with Gasteiger partial charge in [0.1, 0.15) is 0 Å². The van der Waals surface area contributed by atoms with Gasteiger partial charge in [-0.15, -0.1) is 0 Å². The molecule has 0 heterocycles. The Kier molecular flexibility index (Phi) is 19.7. The fourth-order valence-corrected chi connectivity index (χ4v) is 5.69. The third-order valence-electron chi connectivity index (χ3n) is 5.51. The summed E-state index contributed by atoms with van der Waals surface area (Å²) in [7, 11) is 0. The first-order valence-corrected chi connectivity index (χ1v) is 12.5. The first-order valence-electron chi connectivity index (χ1n) is 11.1. The number of rotatable bonds is 2. The van der Waals surface area contributed by atoms with E-state index in [1.54, 1.807) is 0 Å². The van der Waals surface area contributed by atoms with Crippen LogP contribution >= 0.6 is 0 Å². The maximum absolute atomic E-state index is 7.50. The zero-order chi connectivity index (χ0) is 27.8. The van der Waals surface area contributed by atoms with Gasteiger partial charge < -0.3 is 0 Å². The van der Waals surface area contributed by atoms with Gasteiger partial charge >= 0.3 is 200 Å². The topological polar surface area (TPSA) is 59.7 Å². The summed E-state index contributed by atoms with van der Waals surface area (Å²) in [6.45, 7) is 26.8. The summed E-state index contributed by atoms with van der Waals surface area (Å²) in [5.74, 6) is 0. The second-order valence-corrected chi connectivity index (χ2v) is 9.66. The fourth-order valence-electron chi connectivity index (χ4n) is 4.50. The van der Waals surface area contributed by atoms with Crippen molar-refractivity contribution in [1.82, 2.24) is 0 Å². The molecule has 4 radical (unpaired) electrons. The molecule has 0 bridgehead atoms. The summed E-state index contributed by atoms with van der Waals surface area (Å²) in [6, 6.07) is 16.0. The Morgan fingerprint density at radius 2 is 0.838 bits per heavy atom. The summed E-state index contributed by atoms with van der Waals surface area (Å²) < 4.78 is 24.0. The molecule has 0 amide bonds. The van der Waals surface area contributed by atoms with Crippen molar-refractivity contribution >= 4 is 26.1 Å². The van der Waals surface area contributed by atoms with Crippen LogP contribution in [0.1, 0.15) is 33.4 Å². The van der Waals surface area contributed by atoms with Gasteiger partial charge in [-0.1, -0.05) is 24.3 Å². The molecule has 1 aliphatic carbocycles. The minimum absolute atomic E-state index is 0. The second-order valence-electron chi connectivity index (χ2n) is 8.24. The largest absolute Gasteiger partial charge is 0.0767 e. The van der Waals surface area contributed by atoms with Gasteiger partial charge in [-0.25, -0.2) is 0 Å². The molecule has 0 unspecified atom stereocenters. The molecular weight excluding hydrogens is 603 g/mol. The first-order chi connectivity index (χ1) is 17.3. The predicted molar refractivity (Wildman–Crippen MR) is 145 cm³/mol. The molecule has 0 saturated heterocycles. The zero-order valence-electron chi connectivity index (χ0n) is 22.1. The predicted octanol–water partition coefficient (Wildman–Crippen LogP) is 6.87. The third kappa shape index (κ3) is 10.5. The van der Waals surface area contributed by atoms with E-state index in [0.717, 1.165) is 0 Å². The molecule has 3 aromatic rings. The van der Waals surface area contributed by atoms with Gasteiger partial charge in [0.05, 0.1) is 0 Å². The fraction of sp³-hybridized carbons (Fsp3) is 0.188. The van der Waals surface area contributed by atoms with Crippen LogP contribution in [0, 0.1) is 67.9 Å². The van der Waals surface area contributed by atoms with Crippen molar-refractivity contribution in [2.75, 3.05) is 0 Å². The quantitative estimate of drug-likeness (QED) is 0.168. The van der Waals surface area contributed by atoms with Crippen LogP contribution in [-0.4, -0.2) is 22.5 Å². The summed E-state index contributed by atoms with van der Waals surface area (Å²) in [5.41, 5.74) is 13.8. The van der Waals surface area contributed by atoms with Crippen LogP contribution in [-0.2, 0) is 31.3 Å². The Morgan fingerprint density at radius 3 is 1.08 bits per heavy atom. The van der Waals surface area contributed by atoms with Crippen LogP contribution in [0.5, 0.6) is 0 Å². The van der Waals surface area contributed by atoms with E-state index in [9.17, 15) is 0 Å². The molecule has 3 aromatic carbocycles. The van der Waals surface area contributed by atoms with Crippen molar-refractivity contribution in [3.8, 4) is 22.3 Å². The smallest absolute Gasteiger partial charge is 0.00506 e. The minimum atomic E-state index is 0. The van der Waals surface area contributed by atoms with Crippen molar-refractivity contribution in [1.29, 1.82) is 0 Å². The van der Waals surface area contributed by atoms with Gasteiger partial charge in [-0.2, -0.15) is 0 Å². The van der Waals surface area contributed by atoms with E-state index in [4.69, 9.17) is 14.0 Å². The number of allylic oxidation sites excluding steroid dienone is 4. The molecule has 186 valence electrons. The zero-order valence-corrected chi connectivity index (χ0v) is 26.2. The average molecular weight is 633 g/mol. The average Bonchev–Trinajstić information content (AvgIpc) is 3.44. The van der Waals surface area contributed by atoms with Crippen LogP contribution in [0.4, 0.5) is 0 Å². The number of aryl methyl sites for hydroxylation is 6. The van der Waals surface area contributed by atoms with E-state index in [0.29, 0.717) is 0 Å². The first kappa shape index (κ1) is 36.8. The molecule has 5 heteroatoms. The van der Waals surface area contributed by atoms with Crippen LogP contribution in [0.25, 0.3) is 22.3 Å². The molecule has 0 fully saturated rings. The molecule has 0 aliphatic heterocycles.